The molecule has 4 heterocycles. The van der Waals surface area contributed by atoms with E-state index >= 15 is 0 Å². The number of likely N-dealkylation sites (N-methyl/N-ethyl adjacent to an activating group) is 1. The summed E-state index contributed by atoms with van der Waals surface area (Å²) in [5.74, 6) is 1.04. The third kappa shape index (κ3) is 6.00. The molecule has 1 aliphatic carbocycles. The molecular formula is C33H43N7O3. The van der Waals surface area contributed by atoms with E-state index in [-0.39, 0.29) is 24.4 Å². The van der Waals surface area contributed by atoms with Gasteiger partial charge in [-0.1, -0.05) is 19.6 Å². The summed E-state index contributed by atoms with van der Waals surface area (Å²) < 4.78 is 6.36. The fraction of sp³-hybridized carbons (Fsp3) is 0.576. The van der Waals surface area contributed by atoms with E-state index in [9.17, 15) is 15.2 Å². The second-order valence-corrected chi connectivity index (χ2v) is 12.2. The molecule has 0 bridgehead atoms. The van der Waals surface area contributed by atoms with Gasteiger partial charge in [0.1, 0.15) is 18.2 Å². The van der Waals surface area contributed by atoms with Crippen LogP contribution in [-0.4, -0.2) is 94.8 Å². The molecule has 228 valence electrons. The topological polar surface area (TPSA) is 109 Å². The van der Waals surface area contributed by atoms with E-state index in [4.69, 9.17) is 14.7 Å². The number of carbonyl (C=O) groups excluding carboxylic acids is 1. The van der Waals surface area contributed by atoms with Crippen LogP contribution in [0.1, 0.15) is 55.8 Å². The van der Waals surface area contributed by atoms with Crippen molar-refractivity contribution in [1.82, 2.24) is 19.8 Å². The minimum Gasteiger partial charge on any atom is -0.508 e. The average molecular weight is 586 g/mol. The summed E-state index contributed by atoms with van der Waals surface area (Å²) in [5, 5.41) is 19.8. The number of hydrogen-bond acceptors (Lipinski definition) is 9. The monoisotopic (exact) mass is 585 g/mol. The Hall–Kier alpha value is -3.84. The first-order valence-electron chi connectivity index (χ1n) is 15.9. The quantitative estimate of drug-likeness (QED) is 0.466. The largest absolute Gasteiger partial charge is 0.508 e. The highest BCUT2D eigenvalue weighted by Crippen LogP contribution is 2.38. The summed E-state index contributed by atoms with van der Waals surface area (Å²) in [6.45, 7) is 11.1. The number of nitrogens with zero attached hydrogens (tertiary/aromatic N) is 7. The van der Waals surface area contributed by atoms with Crippen LogP contribution in [0.4, 0.5) is 11.5 Å². The predicted molar refractivity (Wildman–Crippen MR) is 166 cm³/mol. The van der Waals surface area contributed by atoms with Crippen molar-refractivity contribution >= 4 is 17.4 Å². The molecule has 10 heteroatoms. The number of fused-ring (bicyclic) bond motifs is 2. The third-order valence-electron chi connectivity index (χ3n) is 9.75. The highest BCUT2D eigenvalue weighted by atomic mass is 16.5. The molecule has 2 aromatic rings. The number of piperazine rings is 1. The van der Waals surface area contributed by atoms with Crippen LogP contribution in [0.3, 0.4) is 0 Å². The maximum absolute atomic E-state index is 12.5. The molecule has 3 aliphatic heterocycles. The molecule has 0 saturated carbocycles. The lowest BCUT2D eigenvalue weighted by Crippen LogP contribution is -2.55. The van der Waals surface area contributed by atoms with Crippen molar-refractivity contribution in [2.24, 2.45) is 0 Å². The van der Waals surface area contributed by atoms with Crippen molar-refractivity contribution in [3.05, 3.63) is 47.7 Å². The normalized spacial score (nSPS) is 23.8. The van der Waals surface area contributed by atoms with E-state index in [2.05, 4.69) is 40.3 Å². The first kappa shape index (κ1) is 29.2. The second kappa shape index (κ2) is 12.8. The number of aromatic nitrogens is 2. The second-order valence-electron chi connectivity index (χ2n) is 12.2. The zero-order chi connectivity index (χ0) is 29.9. The maximum atomic E-state index is 12.5. The van der Waals surface area contributed by atoms with E-state index in [0.29, 0.717) is 44.0 Å². The first-order valence-corrected chi connectivity index (χ1v) is 15.9. The van der Waals surface area contributed by atoms with Crippen LogP contribution in [0, 0.1) is 11.3 Å². The summed E-state index contributed by atoms with van der Waals surface area (Å²) in [5.41, 5.74) is 4.58. The van der Waals surface area contributed by atoms with E-state index < -0.39 is 0 Å². The number of phenolic OH excluding ortho intramolecular Hbond substituents is 1. The molecule has 4 aliphatic rings. The third-order valence-corrected chi connectivity index (χ3v) is 9.75. The van der Waals surface area contributed by atoms with Gasteiger partial charge in [-0.3, -0.25) is 9.69 Å². The van der Waals surface area contributed by atoms with Gasteiger partial charge in [-0.15, -0.1) is 0 Å². The average Bonchev–Trinajstić information content (AvgIpc) is 3.50. The van der Waals surface area contributed by atoms with Crippen LogP contribution in [0.25, 0.3) is 0 Å². The Kier molecular flexibility index (Phi) is 8.70. The molecule has 0 spiro atoms. The van der Waals surface area contributed by atoms with E-state index in [1.54, 1.807) is 11.0 Å². The van der Waals surface area contributed by atoms with Crippen molar-refractivity contribution in [3.63, 3.8) is 0 Å². The van der Waals surface area contributed by atoms with Gasteiger partial charge >= 0.3 is 6.01 Å². The molecule has 43 heavy (non-hydrogen) atoms. The number of nitriles is 1. The fourth-order valence-electron chi connectivity index (χ4n) is 7.53. The van der Waals surface area contributed by atoms with Crippen molar-refractivity contribution in [3.8, 4) is 17.8 Å². The molecule has 2 fully saturated rings. The number of anilines is 2. The van der Waals surface area contributed by atoms with Gasteiger partial charge in [0.2, 0.25) is 5.91 Å². The highest BCUT2D eigenvalue weighted by molar-refractivity contribution is 5.87. The summed E-state index contributed by atoms with van der Waals surface area (Å²) in [6, 6.07) is 8.83. The SMILES string of the molecule is C=CC(=O)N1CCN(c2nc(OC[C@@H]3CCCN3CC)nc3c2CCC(N2CCCc4ccc(O)cc42)C3)C[C@@H]1CC#N. The van der Waals surface area contributed by atoms with Crippen LogP contribution in [0.15, 0.2) is 30.9 Å². The highest BCUT2D eigenvalue weighted by Gasteiger charge is 2.35. The lowest BCUT2D eigenvalue weighted by Gasteiger charge is -2.43. The van der Waals surface area contributed by atoms with Crippen LogP contribution in [0.5, 0.6) is 11.8 Å². The molecule has 3 atom stereocenters. The van der Waals surface area contributed by atoms with Gasteiger partial charge in [-0.25, -0.2) is 0 Å². The number of phenols is 1. The Morgan fingerprint density at radius 1 is 1.16 bits per heavy atom. The molecule has 0 radical (unpaired) electrons. The smallest absolute Gasteiger partial charge is 0.318 e. The van der Waals surface area contributed by atoms with E-state index in [0.717, 1.165) is 80.9 Å². The Labute approximate surface area is 254 Å². The van der Waals surface area contributed by atoms with Crippen LogP contribution < -0.4 is 14.5 Å². The van der Waals surface area contributed by atoms with Gasteiger partial charge in [-0.05, 0) is 69.3 Å². The molecule has 6 rings (SSSR count). The standard InChI is InChI=1S/C33H43N7O3/c1-3-31(42)40-18-17-38(21-25(40)13-14-34)32-28-12-10-24(39-16-5-7-23-9-11-27(41)20-30(23)39)19-29(28)35-33(36-32)43-22-26-8-6-15-37(26)4-2/h3,9,11,20,24-26,41H,1,4-8,10,12-13,15-19,21-22H2,2H3/t24?,25-,26-/m0/s1. The number of benzene rings is 1. The Bertz CT molecular complexity index is 1390. The zero-order valence-electron chi connectivity index (χ0n) is 25.2. The molecule has 10 nitrogen and oxygen atoms in total. The van der Waals surface area contributed by atoms with Crippen LogP contribution in [-0.2, 0) is 24.1 Å². The molecule has 1 amide bonds. The first-order chi connectivity index (χ1) is 21.0. The summed E-state index contributed by atoms with van der Waals surface area (Å²) >= 11 is 0. The predicted octanol–water partition coefficient (Wildman–Crippen LogP) is 3.47. The van der Waals surface area contributed by atoms with Crippen molar-refractivity contribution < 1.29 is 14.6 Å². The summed E-state index contributed by atoms with van der Waals surface area (Å²) in [7, 11) is 0. The number of aryl methyl sites for hydroxylation is 1. The molecule has 2 saturated heterocycles. The Balaban J connectivity index is 1.30. The number of rotatable bonds is 8. The lowest BCUT2D eigenvalue weighted by atomic mass is 9.88. The lowest BCUT2D eigenvalue weighted by molar-refractivity contribution is -0.128. The van der Waals surface area contributed by atoms with Gasteiger partial charge in [0, 0.05) is 62.0 Å². The van der Waals surface area contributed by atoms with Gasteiger partial charge in [0.15, 0.2) is 0 Å². The van der Waals surface area contributed by atoms with Gasteiger partial charge in [0.25, 0.3) is 0 Å². The van der Waals surface area contributed by atoms with Gasteiger partial charge in [0.05, 0.1) is 24.2 Å². The van der Waals surface area contributed by atoms with Gasteiger partial charge < -0.3 is 24.5 Å². The minimum absolute atomic E-state index is 0.138. The number of aromatic hydroxyl groups is 1. The Morgan fingerprint density at radius 2 is 2.05 bits per heavy atom. The molecular weight excluding hydrogens is 542 g/mol. The number of hydrogen-bond donors (Lipinski definition) is 1. The van der Waals surface area contributed by atoms with E-state index in [1.807, 2.05) is 6.07 Å². The number of carbonyl (C=O) groups is 1. The van der Waals surface area contributed by atoms with Crippen LogP contribution in [0.2, 0.25) is 0 Å². The van der Waals surface area contributed by atoms with Crippen molar-refractivity contribution in [1.29, 1.82) is 5.26 Å². The zero-order valence-corrected chi connectivity index (χ0v) is 25.2. The van der Waals surface area contributed by atoms with Crippen LogP contribution >= 0.6 is 0 Å². The summed E-state index contributed by atoms with van der Waals surface area (Å²) in [4.78, 5) is 31.5. The maximum Gasteiger partial charge on any atom is 0.318 e. The fourth-order valence-corrected chi connectivity index (χ4v) is 7.53. The molecule has 1 aromatic carbocycles. The number of likely N-dealkylation sites (tertiary alicyclic amines) is 1. The number of ether oxygens (including phenoxy) is 1. The molecule has 1 unspecified atom stereocenters. The Morgan fingerprint density at radius 3 is 2.86 bits per heavy atom. The van der Waals surface area contributed by atoms with E-state index in [1.165, 1.54) is 18.1 Å². The molecule has 1 N–H and O–H groups in total. The van der Waals surface area contributed by atoms with Crippen molar-refractivity contribution in [2.45, 2.75) is 76.4 Å². The van der Waals surface area contributed by atoms with Crippen molar-refractivity contribution in [2.75, 3.05) is 55.7 Å². The number of amides is 1. The summed E-state index contributed by atoms with van der Waals surface area (Å²) in [6.07, 6.45) is 8.57. The molecule has 1 aromatic heterocycles. The minimum atomic E-state index is -0.232. The van der Waals surface area contributed by atoms with Gasteiger partial charge in [-0.2, -0.15) is 15.2 Å².